The number of carbonyl (C=O) groups excluding carboxylic acids is 2. The SMILES string of the molecule is CC(=O)Nc1ccc(C(=O)COc2c(-c3ccccc3)oc3ccccc3c2=O)cc1. The Morgan fingerprint density at radius 3 is 2.29 bits per heavy atom. The van der Waals surface area contributed by atoms with Crippen molar-refractivity contribution >= 4 is 28.3 Å². The number of ether oxygens (including phenoxy) is 1. The summed E-state index contributed by atoms with van der Waals surface area (Å²) in [5, 5.41) is 3.02. The maximum Gasteiger partial charge on any atom is 0.235 e. The number of Topliss-reactive ketones (excluding diaryl/α,β-unsaturated/α-hetero) is 1. The summed E-state index contributed by atoms with van der Waals surface area (Å²) in [6, 6.07) is 22.5. The van der Waals surface area contributed by atoms with Crippen molar-refractivity contribution in [2.75, 3.05) is 11.9 Å². The molecule has 0 atom stereocenters. The number of amides is 1. The third-order valence-electron chi connectivity index (χ3n) is 4.67. The van der Waals surface area contributed by atoms with E-state index in [0.29, 0.717) is 27.8 Å². The van der Waals surface area contributed by atoms with E-state index in [1.54, 1.807) is 48.5 Å². The molecule has 1 N–H and O–H groups in total. The van der Waals surface area contributed by atoms with E-state index >= 15 is 0 Å². The monoisotopic (exact) mass is 413 g/mol. The van der Waals surface area contributed by atoms with E-state index in [0.717, 1.165) is 0 Å². The minimum absolute atomic E-state index is 0.00637. The first-order valence-electron chi connectivity index (χ1n) is 9.68. The van der Waals surface area contributed by atoms with Crippen LogP contribution in [0.5, 0.6) is 5.75 Å². The van der Waals surface area contributed by atoms with E-state index in [1.165, 1.54) is 6.92 Å². The molecule has 0 saturated carbocycles. The van der Waals surface area contributed by atoms with E-state index in [9.17, 15) is 14.4 Å². The number of nitrogens with one attached hydrogen (secondary N) is 1. The molecule has 0 aliphatic rings. The number of fused-ring (bicyclic) bond motifs is 1. The molecule has 31 heavy (non-hydrogen) atoms. The Labute approximate surface area is 178 Å². The molecule has 0 fully saturated rings. The average Bonchev–Trinajstić information content (AvgIpc) is 2.79. The van der Waals surface area contributed by atoms with Crippen LogP contribution in [0.1, 0.15) is 17.3 Å². The van der Waals surface area contributed by atoms with Gasteiger partial charge in [0.15, 0.2) is 18.2 Å². The zero-order chi connectivity index (χ0) is 21.8. The van der Waals surface area contributed by atoms with Crippen molar-refractivity contribution in [3.63, 3.8) is 0 Å². The maximum atomic E-state index is 13.1. The van der Waals surface area contributed by atoms with Gasteiger partial charge in [0.1, 0.15) is 5.58 Å². The van der Waals surface area contributed by atoms with Gasteiger partial charge in [0, 0.05) is 23.7 Å². The van der Waals surface area contributed by atoms with Gasteiger partial charge in [0.25, 0.3) is 0 Å². The number of para-hydroxylation sites is 1. The molecule has 1 heterocycles. The molecule has 0 aliphatic carbocycles. The molecule has 0 unspecified atom stereocenters. The second kappa shape index (κ2) is 8.67. The number of hydrogen-bond donors (Lipinski definition) is 1. The third-order valence-corrected chi connectivity index (χ3v) is 4.67. The Morgan fingerprint density at radius 1 is 0.903 bits per heavy atom. The van der Waals surface area contributed by atoms with Crippen LogP contribution in [0, 0.1) is 0 Å². The fourth-order valence-corrected chi connectivity index (χ4v) is 3.20. The van der Waals surface area contributed by atoms with Crippen LogP contribution in [0.2, 0.25) is 0 Å². The summed E-state index contributed by atoms with van der Waals surface area (Å²) >= 11 is 0. The Bertz CT molecular complexity index is 1310. The lowest BCUT2D eigenvalue weighted by Gasteiger charge is -2.11. The van der Waals surface area contributed by atoms with Crippen LogP contribution in [-0.2, 0) is 4.79 Å². The minimum Gasteiger partial charge on any atom is -0.478 e. The summed E-state index contributed by atoms with van der Waals surface area (Å²) in [6.45, 7) is 1.08. The molecule has 154 valence electrons. The topological polar surface area (TPSA) is 85.6 Å². The summed E-state index contributed by atoms with van der Waals surface area (Å²) < 4.78 is 11.7. The highest BCUT2D eigenvalue weighted by Gasteiger charge is 2.19. The summed E-state index contributed by atoms with van der Waals surface area (Å²) in [7, 11) is 0. The zero-order valence-corrected chi connectivity index (χ0v) is 16.8. The number of benzene rings is 3. The van der Waals surface area contributed by atoms with Gasteiger partial charge >= 0.3 is 0 Å². The van der Waals surface area contributed by atoms with E-state index in [4.69, 9.17) is 9.15 Å². The van der Waals surface area contributed by atoms with Crippen LogP contribution in [-0.4, -0.2) is 18.3 Å². The molecule has 0 saturated heterocycles. The number of anilines is 1. The van der Waals surface area contributed by atoms with Gasteiger partial charge in [-0.1, -0.05) is 42.5 Å². The molecular weight excluding hydrogens is 394 g/mol. The molecule has 6 heteroatoms. The van der Waals surface area contributed by atoms with Crippen molar-refractivity contribution in [1.82, 2.24) is 0 Å². The maximum absolute atomic E-state index is 13.1. The molecule has 0 radical (unpaired) electrons. The summed E-state index contributed by atoms with van der Waals surface area (Å²) in [6.07, 6.45) is 0. The van der Waals surface area contributed by atoms with Crippen LogP contribution in [0.3, 0.4) is 0 Å². The number of carbonyl (C=O) groups is 2. The first-order valence-corrected chi connectivity index (χ1v) is 9.68. The van der Waals surface area contributed by atoms with E-state index in [1.807, 2.05) is 30.3 Å². The van der Waals surface area contributed by atoms with Gasteiger partial charge in [-0.2, -0.15) is 0 Å². The quantitative estimate of drug-likeness (QED) is 0.464. The van der Waals surface area contributed by atoms with Gasteiger partial charge in [-0.3, -0.25) is 14.4 Å². The lowest BCUT2D eigenvalue weighted by Crippen LogP contribution is -2.17. The normalized spacial score (nSPS) is 10.6. The lowest BCUT2D eigenvalue weighted by molar-refractivity contribution is -0.114. The second-order valence-corrected chi connectivity index (χ2v) is 6.92. The average molecular weight is 413 g/mol. The van der Waals surface area contributed by atoms with Crippen LogP contribution < -0.4 is 15.5 Å². The van der Waals surface area contributed by atoms with Crippen LogP contribution >= 0.6 is 0 Å². The zero-order valence-electron chi connectivity index (χ0n) is 16.8. The molecule has 4 aromatic rings. The van der Waals surface area contributed by atoms with Crippen molar-refractivity contribution in [1.29, 1.82) is 0 Å². The van der Waals surface area contributed by atoms with E-state index < -0.39 is 0 Å². The van der Waals surface area contributed by atoms with Gasteiger partial charge in [-0.25, -0.2) is 0 Å². The van der Waals surface area contributed by atoms with Crippen molar-refractivity contribution in [3.05, 3.63) is 94.6 Å². The molecule has 1 aromatic heterocycles. The highest BCUT2D eigenvalue weighted by Crippen LogP contribution is 2.30. The molecule has 3 aromatic carbocycles. The van der Waals surface area contributed by atoms with E-state index in [-0.39, 0.29) is 35.2 Å². The standard InChI is InChI=1S/C25H19NO5/c1-16(27)26-19-13-11-17(12-14-19)21(28)15-30-25-23(29)20-9-5-6-10-22(20)31-24(25)18-7-3-2-4-8-18/h2-14H,15H2,1H3,(H,26,27). The highest BCUT2D eigenvalue weighted by atomic mass is 16.5. The van der Waals surface area contributed by atoms with Gasteiger partial charge in [0.05, 0.1) is 5.39 Å². The molecule has 0 bridgehead atoms. The predicted octanol–water partition coefficient (Wildman–Crippen LogP) is 4.68. The van der Waals surface area contributed by atoms with Crippen LogP contribution in [0.15, 0.2) is 88.1 Å². The fourth-order valence-electron chi connectivity index (χ4n) is 3.20. The second-order valence-electron chi connectivity index (χ2n) is 6.92. The molecule has 0 spiro atoms. The first-order chi connectivity index (χ1) is 15.0. The number of ketones is 1. The molecule has 0 aliphatic heterocycles. The van der Waals surface area contributed by atoms with Gasteiger partial charge in [0.2, 0.25) is 17.1 Å². The Balaban J connectivity index is 1.64. The Kier molecular flexibility index (Phi) is 5.62. The molecular formula is C25H19NO5. The first kappa shape index (κ1) is 20.1. The smallest absolute Gasteiger partial charge is 0.235 e. The molecule has 1 amide bonds. The Morgan fingerprint density at radius 2 is 1.58 bits per heavy atom. The summed E-state index contributed by atoms with van der Waals surface area (Å²) in [5.41, 5.74) is 1.77. The largest absolute Gasteiger partial charge is 0.478 e. The van der Waals surface area contributed by atoms with E-state index in [2.05, 4.69) is 5.32 Å². The highest BCUT2D eigenvalue weighted by molar-refractivity contribution is 5.98. The van der Waals surface area contributed by atoms with Crippen molar-refractivity contribution in [2.24, 2.45) is 0 Å². The molecule has 4 rings (SSSR count). The third kappa shape index (κ3) is 4.38. The van der Waals surface area contributed by atoms with Gasteiger partial charge in [-0.15, -0.1) is 0 Å². The molecule has 6 nitrogen and oxygen atoms in total. The van der Waals surface area contributed by atoms with Gasteiger partial charge < -0.3 is 14.5 Å². The van der Waals surface area contributed by atoms with Crippen molar-refractivity contribution in [3.8, 4) is 17.1 Å². The van der Waals surface area contributed by atoms with Crippen LogP contribution in [0.4, 0.5) is 5.69 Å². The van der Waals surface area contributed by atoms with Crippen LogP contribution in [0.25, 0.3) is 22.3 Å². The fraction of sp³-hybridized carbons (Fsp3) is 0.0800. The van der Waals surface area contributed by atoms with Crippen molar-refractivity contribution < 1.29 is 18.7 Å². The van der Waals surface area contributed by atoms with Crippen molar-refractivity contribution in [2.45, 2.75) is 6.92 Å². The summed E-state index contributed by atoms with van der Waals surface area (Å²) in [5.74, 6) is -0.231. The van der Waals surface area contributed by atoms with Gasteiger partial charge in [-0.05, 0) is 36.4 Å². The lowest BCUT2D eigenvalue weighted by atomic mass is 10.1. The number of rotatable bonds is 6. The summed E-state index contributed by atoms with van der Waals surface area (Å²) in [4.78, 5) is 36.8. The number of hydrogen-bond acceptors (Lipinski definition) is 5. The predicted molar refractivity (Wildman–Crippen MR) is 118 cm³/mol. The Hall–Kier alpha value is -4.19. The minimum atomic E-state index is -0.338.